The van der Waals surface area contributed by atoms with Gasteiger partial charge in [0.1, 0.15) is 6.61 Å². The first-order chi connectivity index (χ1) is 15.0. The lowest BCUT2D eigenvalue weighted by atomic mass is 10.1. The van der Waals surface area contributed by atoms with Crippen molar-refractivity contribution in [3.8, 4) is 0 Å². The zero-order chi connectivity index (χ0) is 27.3. The molecule has 200 valence electrons. The Kier molecular flexibility index (Phi) is 11.8. The lowest BCUT2D eigenvalue weighted by Gasteiger charge is -2.48. The number of aliphatic hydroxyl groups is 2. The van der Waals surface area contributed by atoms with Gasteiger partial charge in [-0.3, -0.25) is 10.1 Å². The molecule has 3 unspecified atom stereocenters. The van der Waals surface area contributed by atoms with Gasteiger partial charge >= 0.3 is 14.9 Å². The summed E-state index contributed by atoms with van der Waals surface area (Å²) in [6.07, 6.45) is -2.28. The molecule has 0 aromatic carbocycles. The molecule has 0 spiro atoms. The van der Waals surface area contributed by atoms with Crippen LogP contribution in [0.15, 0.2) is 12.2 Å². The van der Waals surface area contributed by atoms with Gasteiger partial charge in [-0.2, -0.15) is 0 Å². The monoisotopic (exact) mass is 555 g/mol. The quantitative estimate of drug-likeness (QED) is 0.143. The normalized spacial score (nSPS) is 17.0. The molecule has 14 heteroatoms. The second kappa shape index (κ2) is 12.0. The van der Waals surface area contributed by atoms with E-state index in [1.54, 1.807) is 12.2 Å². The number of carbonyl (C=O) groups excluding carboxylic acids is 1. The molecule has 0 aliphatic rings. The molecule has 0 bridgehead atoms. The Bertz CT molecular complexity index is 690. The van der Waals surface area contributed by atoms with E-state index in [2.05, 4.69) is 6.58 Å². The first-order valence-electron chi connectivity index (χ1n) is 11.3. The number of carbonyl (C=O) groups is 2. The van der Waals surface area contributed by atoms with Crippen molar-refractivity contribution >= 4 is 45.8 Å². The van der Waals surface area contributed by atoms with E-state index in [0.717, 1.165) is 0 Å². The maximum absolute atomic E-state index is 12.4. The number of imide groups is 1. The van der Waals surface area contributed by atoms with E-state index < -0.39 is 69.8 Å². The van der Waals surface area contributed by atoms with Gasteiger partial charge in [0.15, 0.2) is 25.0 Å². The third kappa shape index (κ3) is 10.9. The van der Waals surface area contributed by atoms with Crippen molar-refractivity contribution in [3.63, 3.8) is 0 Å². The van der Waals surface area contributed by atoms with Gasteiger partial charge in [-0.15, -0.1) is 0 Å². The third-order valence-electron chi connectivity index (χ3n) is 4.20. The molecule has 0 aliphatic carbocycles. The molecule has 0 aliphatic heterocycles. The fraction of sp³-hybridized carbons (Fsp3) is 0.800. The number of aliphatic hydroxyl groups excluding tert-OH is 1. The Morgan fingerprint density at radius 1 is 0.941 bits per heavy atom. The molecule has 0 heterocycles. The highest BCUT2D eigenvalue weighted by atomic mass is 28.5. The minimum atomic E-state index is -3.58. The maximum atomic E-state index is 12.4. The van der Waals surface area contributed by atoms with Crippen LogP contribution in [0.1, 0.15) is 20.3 Å². The first-order valence-corrected chi connectivity index (χ1v) is 23.3. The van der Waals surface area contributed by atoms with Crippen LogP contribution in [0.25, 0.3) is 0 Å². The van der Waals surface area contributed by atoms with Gasteiger partial charge in [-0.25, -0.2) is 4.79 Å². The van der Waals surface area contributed by atoms with Gasteiger partial charge in [0.2, 0.25) is 0 Å². The lowest BCUT2D eigenvalue weighted by molar-refractivity contribution is -0.234. The third-order valence-corrected chi connectivity index (χ3v) is 16.6. The van der Waals surface area contributed by atoms with Crippen molar-refractivity contribution in [1.82, 2.24) is 5.32 Å². The number of ether oxygens (including phenoxy) is 1. The summed E-state index contributed by atoms with van der Waals surface area (Å²) in [5, 5.41) is 31.0. The van der Waals surface area contributed by atoms with Crippen molar-refractivity contribution in [1.29, 1.82) is 0 Å². The van der Waals surface area contributed by atoms with Gasteiger partial charge in [0, 0.05) is 0 Å². The van der Waals surface area contributed by atoms with Crippen LogP contribution in [0, 0.1) is 0 Å². The van der Waals surface area contributed by atoms with Crippen LogP contribution in [0.2, 0.25) is 64.5 Å². The van der Waals surface area contributed by atoms with Crippen molar-refractivity contribution in [2.45, 2.75) is 96.6 Å². The van der Waals surface area contributed by atoms with Crippen LogP contribution in [0.3, 0.4) is 0 Å². The second-order valence-electron chi connectivity index (χ2n) is 11.3. The molecule has 0 radical (unpaired) electrons. The van der Waals surface area contributed by atoms with Crippen molar-refractivity contribution in [3.05, 3.63) is 12.2 Å². The zero-order valence-corrected chi connectivity index (χ0v) is 26.6. The number of hydrogen-bond acceptors (Lipinski definition) is 8. The Hall–Kier alpha value is -0.692. The minimum Gasteiger partial charge on any atom is -0.465 e. The molecule has 0 aromatic heterocycles. The molecule has 0 saturated carbocycles. The van der Waals surface area contributed by atoms with Crippen LogP contribution >= 0.6 is 0 Å². The Morgan fingerprint density at radius 2 is 1.32 bits per heavy atom. The predicted molar refractivity (Wildman–Crippen MR) is 141 cm³/mol. The fourth-order valence-corrected chi connectivity index (χ4v) is 18.2. The van der Waals surface area contributed by atoms with Crippen LogP contribution in [0.5, 0.6) is 0 Å². The van der Waals surface area contributed by atoms with E-state index in [0.29, 0.717) is 12.0 Å². The summed E-state index contributed by atoms with van der Waals surface area (Å²) in [7, 11) is -10.4. The second-order valence-corrected chi connectivity index (χ2v) is 28.4. The van der Waals surface area contributed by atoms with Gasteiger partial charge in [0.05, 0.1) is 11.6 Å². The van der Waals surface area contributed by atoms with Gasteiger partial charge in [-0.1, -0.05) is 19.1 Å². The Labute approximate surface area is 208 Å². The van der Waals surface area contributed by atoms with E-state index in [4.69, 9.17) is 22.2 Å². The maximum Gasteiger partial charge on any atom is 0.475 e. The highest BCUT2D eigenvalue weighted by molar-refractivity contribution is 6.90. The van der Waals surface area contributed by atoms with Crippen LogP contribution in [0.4, 0.5) is 4.79 Å². The van der Waals surface area contributed by atoms with Crippen molar-refractivity contribution in [2.24, 2.45) is 0 Å². The van der Waals surface area contributed by atoms with Crippen LogP contribution in [-0.4, -0.2) is 79.6 Å². The average molecular weight is 556 g/mol. The van der Waals surface area contributed by atoms with Crippen molar-refractivity contribution < 1.29 is 42.0 Å². The summed E-state index contributed by atoms with van der Waals surface area (Å²) in [5.41, 5.74) is -0.137. The van der Waals surface area contributed by atoms with Crippen LogP contribution < -0.4 is 5.32 Å². The number of hydrogen-bond donors (Lipinski definition) is 4. The van der Waals surface area contributed by atoms with Crippen LogP contribution in [-0.2, 0) is 21.9 Å². The van der Waals surface area contributed by atoms with Gasteiger partial charge < -0.3 is 32.4 Å². The molecule has 2 amide bonds. The first kappa shape index (κ1) is 33.3. The molecule has 0 saturated heterocycles. The summed E-state index contributed by atoms with van der Waals surface area (Å²) >= 11 is 0. The molecule has 10 nitrogen and oxygen atoms in total. The van der Waals surface area contributed by atoms with E-state index in [9.17, 15) is 19.8 Å². The average Bonchev–Trinajstić information content (AvgIpc) is 2.55. The molecule has 4 N–H and O–H groups in total. The zero-order valence-electron chi connectivity index (χ0n) is 22.6. The largest absolute Gasteiger partial charge is 0.475 e. The number of nitrogens with one attached hydrogen (secondary N) is 1. The minimum absolute atomic E-state index is 0.436. The standard InChI is InChI=1S/C20H45NO9Si4/c1-13-16(17(15(2)3)27-20(26,14-22)18(23)21-19(24)25)34(28-31(4,5)6,29-32(7,8)9)30-33(10,11)12/h16-17,22,26H,2,13-14H2,1,3-12H3,(H,21,23)(H,24,25). The smallest absolute Gasteiger partial charge is 0.465 e. The lowest BCUT2D eigenvalue weighted by Crippen LogP contribution is -2.66. The topological polar surface area (TPSA) is 144 Å². The highest BCUT2D eigenvalue weighted by Gasteiger charge is 2.59. The molecular formula is C20H45NO9Si4. The summed E-state index contributed by atoms with van der Waals surface area (Å²) in [6, 6.07) is 0. The summed E-state index contributed by atoms with van der Waals surface area (Å²) in [5.74, 6) is -4.23. The molecule has 3 atom stereocenters. The fourth-order valence-electron chi connectivity index (χ4n) is 3.31. The number of rotatable bonds is 14. The molecule has 0 rings (SSSR count). The summed E-state index contributed by atoms with van der Waals surface area (Å²) < 4.78 is 26.1. The van der Waals surface area contributed by atoms with Gasteiger partial charge in [0.25, 0.3) is 11.7 Å². The molecule has 0 fully saturated rings. The predicted octanol–water partition coefficient (Wildman–Crippen LogP) is 3.70. The van der Waals surface area contributed by atoms with E-state index in [-0.39, 0.29) is 0 Å². The van der Waals surface area contributed by atoms with E-state index in [1.807, 2.05) is 65.8 Å². The summed E-state index contributed by atoms with van der Waals surface area (Å²) in [4.78, 5) is 23.4. The molecule has 34 heavy (non-hydrogen) atoms. The Morgan fingerprint density at radius 3 is 1.56 bits per heavy atom. The molecule has 0 aromatic rings. The van der Waals surface area contributed by atoms with Gasteiger partial charge in [-0.05, 0) is 72.3 Å². The SMILES string of the molecule is C=C(C)C(OC(O)(CO)C(=O)NC(=O)O)C(CC)[Si](O[Si](C)(C)C)(O[Si](C)(C)C)O[Si](C)(C)C. The number of amides is 2. The van der Waals surface area contributed by atoms with Crippen molar-refractivity contribution in [2.75, 3.05) is 6.61 Å². The van der Waals surface area contributed by atoms with E-state index >= 15 is 0 Å². The summed E-state index contributed by atoms with van der Waals surface area (Å²) in [6.45, 7) is 24.7. The Balaban J connectivity index is 6.88. The molecular weight excluding hydrogens is 511 g/mol. The highest BCUT2D eigenvalue weighted by Crippen LogP contribution is 2.42. The number of carboxylic acid groups (broad SMARTS) is 1. The van der Waals surface area contributed by atoms with E-state index in [1.165, 1.54) is 0 Å².